The fourth-order valence-corrected chi connectivity index (χ4v) is 3.58. The zero-order chi connectivity index (χ0) is 16.2. The van der Waals surface area contributed by atoms with Gasteiger partial charge in [-0.3, -0.25) is 15.0 Å². The predicted molar refractivity (Wildman–Crippen MR) is 87.9 cm³/mol. The van der Waals surface area contributed by atoms with E-state index >= 15 is 0 Å². The first kappa shape index (κ1) is 15.9. The third-order valence-electron chi connectivity index (χ3n) is 3.83. The second-order valence-electron chi connectivity index (χ2n) is 5.57. The van der Waals surface area contributed by atoms with Gasteiger partial charge in [-0.1, -0.05) is 6.07 Å². The Labute approximate surface area is 138 Å². The Hall–Kier alpha value is -1.96. The number of hydrogen-bond acceptors (Lipinski definition) is 6. The van der Waals surface area contributed by atoms with Gasteiger partial charge in [-0.15, -0.1) is 11.3 Å². The van der Waals surface area contributed by atoms with Crippen molar-refractivity contribution in [1.82, 2.24) is 4.90 Å². The molecule has 7 heteroatoms. The number of benzene rings is 1. The number of nitro groups is 1. The van der Waals surface area contributed by atoms with Crippen molar-refractivity contribution in [2.75, 3.05) is 19.7 Å². The quantitative estimate of drug-likeness (QED) is 0.649. The first-order valence-corrected chi connectivity index (χ1v) is 8.32. The Balaban J connectivity index is 1.49. The molecule has 0 fully saturated rings. The molecule has 0 amide bonds. The Morgan fingerprint density at radius 3 is 3.13 bits per heavy atom. The zero-order valence-electron chi connectivity index (χ0n) is 12.6. The second-order valence-corrected chi connectivity index (χ2v) is 6.57. The van der Waals surface area contributed by atoms with Crippen LogP contribution < -0.4 is 4.74 Å². The van der Waals surface area contributed by atoms with Crippen molar-refractivity contribution in [1.29, 1.82) is 0 Å². The molecular formula is C16H18N2O4S. The van der Waals surface area contributed by atoms with E-state index in [-0.39, 0.29) is 12.3 Å². The van der Waals surface area contributed by atoms with Gasteiger partial charge >= 0.3 is 0 Å². The lowest BCUT2D eigenvalue weighted by Crippen LogP contribution is -2.38. The smallest absolute Gasteiger partial charge is 0.273 e. The van der Waals surface area contributed by atoms with E-state index in [0.717, 1.165) is 19.5 Å². The molecule has 2 aromatic rings. The standard InChI is InChI=1S/C16H18N2O4S/c19-14(10-17-6-4-16-12(9-17)5-7-23-16)11-22-15-3-1-2-13(8-15)18(20)21/h1-3,5,7-8,14,19H,4,6,9-11H2/t14-/m0/s1. The molecule has 0 saturated heterocycles. The van der Waals surface area contributed by atoms with E-state index in [1.54, 1.807) is 23.5 Å². The largest absolute Gasteiger partial charge is 0.491 e. The minimum atomic E-state index is -0.630. The van der Waals surface area contributed by atoms with Crippen LogP contribution in [0.1, 0.15) is 10.4 Å². The summed E-state index contributed by atoms with van der Waals surface area (Å²) in [6.45, 7) is 2.44. The number of aliphatic hydroxyl groups is 1. The maximum atomic E-state index is 10.7. The third kappa shape index (κ3) is 4.07. The number of non-ortho nitro benzene ring substituents is 1. The van der Waals surface area contributed by atoms with E-state index in [4.69, 9.17) is 4.74 Å². The van der Waals surface area contributed by atoms with Gasteiger partial charge in [-0.05, 0) is 29.5 Å². The maximum absolute atomic E-state index is 10.7. The lowest BCUT2D eigenvalue weighted by atomic mass is 10.1. The van der Waals surface area contributed by atoms with Crippen molar-refractivity contribution in [3.8, 4) is 5.75 Å². The number of thiophene rings is 1. The molecule has 1 atom stereocenters. The van der Waals surface area contributed by atoms with Gasteiger partial charge in [0.1, 0.15) is 18.5 Å². The second kappa shape index (κ2) is 7.08. The first-order valence-electron chi connectivity index (χ1n) is 7.45. The van der Waals surface area contributed by atoms with E-state index in [9.17, 15) is 15.2 Å². The van der Waals surface area contributed by atoms with Crippen molar-refractivity contribution >= 4 is 17.0 Å². The van der Waals surface area contributed by atoms with Crippen LogP contribution in [0.15, 0.2) is 35.7 Å². The molecule has 3 rings (SSSR count). The van der Waals surface area contributed by atoms with Crippen molar-refractivity contribution in [2.45, 2.75) is 19.1 Å². The van der Waals surface area contributed by atoms with Crippen LogP contribution >= 0.6 is 11.3 Å². The van der Waals surface area contributed by atoms with Gasteiger partial charge in [0.05, 0.1) is 11.0 Å². The van der Waals surface area contributed by atoms with Gasteiger partial charge < -0.3 is 9.84 Å². The highest BCUT2D eigenvalue weighted by Gasteiger charge is 2.19. The summed E-state index contributed by atoms with van der Waals surface area (Å²) >= 11 is 1.79. The lowest BCUT2D eigenvalue weighted by Gasteiger charge is -2.28. The van der Waals surface area contributed by atoms with Gasteiger partial charge in [0.25, 0.3) is 5.69 Å². The molecule has 2 heterocycles. The van der Waals surface area contributed by atoms with Crippen molar-refractivity contribution in [3.63, 3.8) is 0 Å². The van der Waals surface area contributed by atoms with Gasteiger partial charge in [-0.2, -0.15) is 0 Å². The number of fused-ring (bicyclic) bond motifs is 1. The average Bonchev–Trinajstić information content (AvgIpc) is 3.01. The van der Waals surface area contributed by atoms with Crippen molar-refractivity contribution in [3.05, 3.63) is 56.3 Å². The summed E-state index contributed by atoms with van der Waals surface area (Å²) in [5.74, 6) is 0.400. The monoisotopic (exact) mass is 334 g/mol. The predicted octanol–water partition coefficient (Wildman–Crippen LogP) is 2.45. The van der Waals surface area contributed by atoms with Crippen molar-refractivity contribution < 1.29 is 14.8 Å². The molecule has 1 aromatic heterocycles. The number of nitro benzene ring substituents is 1. The first-order chi connectivity index (χ1) is 11.1. The normalized spacial score (nSPS) is 15.9. The number of β-amino-alcohol motifs (C(OH)–C–C–N with tert-alkyl or cyclic N) is 1. The Morgan fingerprint density at radius 1 is 1.43 bits per heavy atom. The number of nitrogens with zero attached hydrogens (tertiary/aromatic N) is 2. The Morgan fingerprint density at radius 2 is 2.30 bits per heavy atom. The molecule has 1 aliphatic heterocycles. The van der Waals surface area contributed by atoms with Gasteiger partial charge in [0.15, 0.2) is 0 Å². The summed E-state index contributed by atoms with van der Waals surface area (Å²) in [7, 11) is 0. The van der Waals surface area contributed by atoms with E-state index in [0.29, 0.717) is 12.3 Å². The molecule has 1 aromatic carbocycles. The molecule has 1 aliphatic rings. The van der Waals surface area contributed by atoms with Gasteiger partial charge in [0, 0.05) is 30.6 Å². The van der Waals surface area contributed by atoms with Crippen LogP contribution in [0.3, 0.4) is 0 Å². The lowest BCUT2D eigenvalue weighted by molar-refractivity contribution is -0.384. The van der Waals surface area contributed by atoms with Crippen LogP contribution in [0, 0.1) is 10.1 Å². The van der Waals surface area contributed by atoms with Gasteiger partial charge in [-0.25, -0.2) is 0 Å². The number of rotatable bonds is 6. The number of aliphatic hydroxyl groups excluding tert-OH is 1. The summed E-state index contributed by atoms with van der Waals surface area (Å²) in [6, 6.07) is 8.14. The SMILES string of the molecule is O=[N+]([O-])c1cccc(OC[C@@H](O)CN2CCc3sccc3C2)c1. The van der Waals surface area contributed by atoms with Gasteiger partial charge in [0.2, 0.25) is 0 Å². The Kier molecular flexibility index (Phi) is 4.90. The molecule has 0 spiro atoms. The average molecular weight is 334 g/mol. The van der Waals surface area contributed by atoms with Crippen LogP contribution in [-0.2, 0) is 13.0 Å². The summed E-state index contributed by atoms with van der Waals surface area (Å²) in [4.78, 5) is 13.9. The maximum Gasteiger partial charge on any atom is 0.273 e. The molecule has 122 valence electrons. The number of ether oxygens (including phenoxy) is 1. The Bertz CT molecular complexity index is 688. The van der Waals surface area contributed by atoms with E-state index < -0.39 is 11.0 Å². The van der Waals surface area contributed by atoms with E-state index in [1.165, 1.54) is 22.6 Å². The number of hydrogen-bond donors (Lipinski definition) is 1. The van der Waals surface area contributed by atoms with Crippen LogP contribution in [0.4, 0.5) is 5.69 Å². The fourth-order valence-electron chi connectivity index (χ4n) is 2.69. The van der Waals surface area contributed by atoms with Crippen LogP contribution in [0.5, 0.6) is 5.75 Å². The summed E-state index contributed by atoms with van der Waals surface area (Å²) < 4.78 is 5.48. The van der Waals surface area contributed by atoms with Crippen LogP contribution in [-0.4, -0.2) is 40.7 Å². The minimum Gasteiger partial charge on any atom is -0.491 e. The molecule has 23 heavy (non-hydrogen) atoms. The van der Waals surface area contributed by atoms with Crippen LogP contribution in [0.25, 0.3) is 0 Å². The molecule has 0 saturated carbocycles. The van der Waals surface area contributed by atoms with Crippen LogP contribution in [0.2, 0.25) is 0 Å². The molecular weight excluding hydrogens is 316 g/mol. The minimum absolute atomic E-state index is 0.0157. The third-order valence-corrected chi connectivity index (χ3v) is 4.85. The molecule has 0 aliphatic carbocycles. The zero-order valence-corrected chi connectivity index (χ0v) is 13.4. The van der Waals surface area contributed by atoms with Crippen molar-refractivity contribution in [2.24, 2.45) is 0 Å². The van der Waals surface area contributed by atoms with E-state index in [2.05, 4.69) is 16.3 Å². The molecule has 1 N–H and O–H groups in total. The molecule has 0 unspecified atom stereocenters. The highest BCUT2D eigenvalue weighted by Crippen LogP contribution is 2.24. The summed E-state index contributed by atoms with van der Waals surface area (Å²) in [6.07, 6.45) is 0.389. The highest BCUT2D eigenvalue weighted by atomic mass is 32.1. The molecule has 0 radical (unpaired) electrons. The summed E-state index contributed by atoms with van der Waals surface area (Å²) in [5.41, 5.74) is 1.33. The molecule has 6 nitrogen and oxygen atoms in total. The van der Waals surface area contributed by atoms with E-state index in [1.807, 2.05) is 0 Å². The highest BCUT2D eigenvalue weighted by molar-refractivity contribution is 7.10. The topological polar surface area (TPSA) is 75.8 Å². The molecule has 0 bridgehead atoms. The summed E-state index contributed by atoms with van der Waals surface area (Å²) in [5, 5.41) is 23.0. The fraction of sp³-hybridized carbons (Fsp3) is 0.375.